The highest BCUT2D eigenvalue weighted by Gasteiger charge is 2.04. The minimum Gasteiger partial charge on any atom is -0.235 e. The lowest BCUT2D eigenvalue weighted by Gasteiger charge is -2.06. The fourth-order valence-electron chi connectivity index (χ4n) is 1.09. The summed E-state index contributed by atoms with van der Waals surface area (Å²) >= 11 is -0.159. The molecule has 1 aliphatic heterocycles. The minimum absolute atomic E-state index is 0.159. The molecule has 0 amide bonds. The van der Waals surface area contributed by atoms with Crippen molar-refractivity contribution >= 4 is 33.1 Å². The summed E-state index contributed by atoms with van der Waals surface area (Å²) in [6.07, 6.45) is 1.68. The Bertz CT molecular complexity index is 343. The van der Waals surface area contributed by atoms with Crippen LogP contribution in [0.3, 0.4) is 0 Å². The van der Waals surface area contributed by atoms with Crippen LogP contribution in [-0.2, 0) is 0 Å². The van der Waals surface area contributed by atoms with Crippen LogP contribution in [0.25, 0.3) is 0 Å². The normalized spacial score (nSPS) is 13.8. The van der Waals surface area contributed by atoms with E-state index in [0.29, 0.717) is 0 Å². The van der Waals surface area contributed by atoms with Crippen LogP contribution >= 0.6 is 21.0 Å². The molecule has 0 fully saturated rings. The number of benzene rings is 1. The molecule has 2 rings (SSSR count). The molecule has 0 bridgehead atoms. The van der Waals surface area contributed by atoms with Crippen molar-refractivity contribution in [2.75, 3.05) is 0 Å². The maximum Gasteiger partial charge on any atom is 0.122 e. The van der Waals surface area contributed by atoms with Gasteiger partial charge in [-0.15, -0.1) is 0 Å². The molecule has 1 aromatic rings. The molecule has 1 heterocycles. The van der Waals surface area contributed by atoms with Gasteiger partial charge in [0.25, 0.3) is 0 Å². The van der Waals surface area contributed by atoms with Crippen molar-refractivity contribution in [1.82, 2.24) is 0 Å². The number of aliphatic imine (C=N–C) groups is 1. The third-order valence-electron chi connectivity index (χ3n) is 1.94. The van der Waals surface area contributed by atoms with Crippen molar-refractivity contribution in [3.05, 3.63) is 26.8 Å². The zero-order valence-corrected chi connectivity index (χ0v) is 9.16. The van der Waals surface area contributed by atoms with Gasteiger partial charge in [-0.2, -0.15) is 0 Å². The smallest absolute Gasteiger partial charge is 0.122 e. The van der Waals surface area contributed by atoms with Crippen LogP contribution in [0.1, 0.15) is 11.1 Å². The summed E-state index contributed by atoms with van der Waals surface area (Å²) in [6.45, 7) is 4.26. The molecular formula is C9H9IN2. The third kappa shape index (κ3) is 1.33. The molecule has 0 saturated heterocycles. The predicted octanol–water partition coefficient (Wildman–Crippen LogP) is 3.30. The van der Waals surface area contributed by atoms with Crippen molar-refractivity contribution in [3.8, 4) is 0 Å². The molecule has 12 heavy (non-hydrogen) atoms. The Hall–Kier alpha value is -0.580. The van der Waals surface area contributed by atoms with Gasteiger partial charge in [0.1, 0.15) is 6.34 Å². The SMILES string of the molecule is Cc1cc2c(cc1C)I=NC=N2. The quantitative estimate of drug-likeness (QED) is 0.647. The molecule has 3 heteroatoms. The lowest BCUT2D eigenvalue weighted by atomic mass is 10.1. The maximum absolute atomic E-state index is 4.23. The van der Waals surface area contributed by atoms with E-state index < -0.39 is 0 Å². The molecule has 0 saturated carbocycles. The van der Waals surface area contributed by atoms with Gasteiger partial charge in [0, 0.05) is 21.0 Å². The Morgan fingerprint density at radius 2 is 1.92 bits per heavy atom. The molecule has 2 nitrogen and oxygen atoms in total. The van der Waals surface area contributed by atoms with E-state index in [0.717, 1.165) is 5.69 Å². The first kappa shape index (κ1) is 8.04. The molecule has 1 aliphatic rings. The Morgan fingerprint density at radius 3 is 2.75 bits per heavy atom. The molecule has 0 radical (unpaired) electrons. The average Bonchev–Trinajstić information content (AvgIpc) is 2.07. The summed E-state index contributed by atoms with van der Waals surface area (Å²) in [5, 5.41) is 0. The van der Waals surface area contributed by atoms with E-state index in [-0.39, 0.29) is 21.0 Å². The Morgan fingerprint density at radius 1 is 1.17 bits per heavy atom. The van der Waals surface area contributed by atoms with Crippen molar-refractivity contribution in [1.29, 1.82) is 0 Å². The van der Waals surface area contributed by atoms with Crippen molar-refractivity contribution in [2.45, 2.75) is 13.8 Å². The van der Waals surface area contributed by atoms with E-state index in [1.54, 1.807) is 6.34 Å². The number of aryl methyl sites for hydroxylation is 2. The van der Waals surface area contributed by atoms with E-state index >= 15 is 0 Å². The number of hydrogen-bond acceptors (Lipinski definition) is 2. The second-order valence-corrected chi connectivity index (χ2v) is 5.02. The highest BCUT2D eigenvalue weighted by Crippen LogP contribution is 2.30. The van der Waals surface area contributed by atoms with Crippen LogP contribution in [0.2, 0.25) is 0 Å². The monoisotopic (exact) mass is 272 g/mol. The summed E-state index contributed by atoms with van der Waals surface area (Å²) in [5.74, 6) is 0. The highest BCUT2D eigenvalue weighted by atomic mass is 127. The summed E-state index contributed by atoms with van der Waals surface area (Å²) in [4.78, 5) is 4.23. The van der Waals surface area contributed by atoms with Crippen LogP contribution < -0.4 is 0 Å². The molecule has 0 spiro atoms. The first-order valence-electron chi connectivity index (χ1n) is 3.75. The van der Waals surface area contributed by atoms with Crippen LogP contribution in [0.15, 0.2) is 20.3 Å². The van der Waals surface area contributed by atoms with Crippen LogP contribution in [0.4, 0.5) is 5.69 Å². The van der Waals surface area contributed by atoms with E-state index in [1.807, 2.05) is 0 Å². The Kier molecular flexibility index (Phi) is 2.04. The lowest BCUT2D eigenvalue weighted by molar-refractivity contribution is 1.31. The van der Waals surface area contributed by atoms with Crippen LogP contribution in [0.5, 0.6) is 0 Å². The summed E-state index contributed by atoms with van der Waals surface area (Å²) in [6, 6.07) is 4.37. The van der Waals surface area contributed by atoms with Gasteiger partial charge in [-0.1, -0.05) is 0 Å². The van der Waals surface area contributed by atoms with Crippen LogP contribution in [-0.4, -0.2) is 6.34 Å². The first-order chi connectivity index (χ1) is 5.77. The van der Waals surface area contributed by atoms with Gasteiger partial charge in [0.2, 0.25) is 0 Å². The number of hydrogen-bond donors (Lipinski definition) is 0. The third-order valence-corrected chi connectivity index (χ3v) is 3.85. The van der Waals surface area contributed by atoms with Crippen molar-refractivity contribution < 1.29 is 0 Å². The van der Waals surface area contributed by atoms with Crippen molar-refractivity contribution in [3.63, 3.8) is 0 Å². The summed E-state index contributed by atoms with van der Waals surface area (Å²) in [7, 11) is 0. The van der Waals surface area contributed by atoms with Gasteiger partial charge in [-0.3, -0.25) is 0 Å². The first-order valence-corrected chi connectivity index (χ1v) is 5.80. The highest BCUT2D eigenvalue weighted by molar-refractivity contribution is 14.2. The Balaban J connectivity index is 2.66. The zero-order valence-electron chi connectivity index (χ0n) is 7.00. The molecule has 0 aliphatic carbocycles. The number of halogens is 1. The Labute approximate surface area is 81.9 Å². The van der Waals surface area contributed by atoms with Gasteiger partial charge in [-0.05, 0) is 37.1 Å². The minimum atomic E-state index is -0.159. The summed E-state index contributed by atoms with van der Waals surface area (Å²) < 4.78 is 5.55. The van der Waals surface area contributed by atoms with Crippen LogP contribution in [0, 0.1) is 17.4 Å². The molecule has 0 N–H and O–H groups in total. The largest absolute Gasteiger partial charge is 0.235 e. The second-order valence-electron chi connectivity index (χ2n) is 2.81. The van der Waals surface area contributed by atoms with Crippen molar-refractivity contribution in [2.24, 2.45) is 8.14 Å². The number of fused-ring (bicyclic) bond motifs is 1. The van der Waals surface area contributed by atoms with Gasteiger partial charge in [0.05, 0.1) is 9.26 Å². The van der Waals surface area contributed by atoms with E-state index in [2.05, 4.69) is 34.1 Å². The second kappa shape index (κ2) is 3.05. The number of rotatable bonds is 0. The van der Waals surface area contributed by atoms with Gasteiger partial charge in [-0.25, -0.2) is 8.14 Å². The molecule has 0 aromatic heterocycles. The predicted molar refractivity (Wildman–Crippen MR) is 59.2 cm³/mol. The lowest BCUT2D eigenvalue weighted by Crippen LogP contribution is -1.85. The molecule has 1 aromatic carbocycles. The van der Waals surface area contributed by atoms with Gasteiger partial charge >= 0.3 is 0 Å². The molecular weight excluding hydrogens is 263 g/mol. The molecule has 0 unspecified atom stereocenters. The average molecular weight is 272 g/mol. The van der Waals surface area contributed by atoms with E-state index in [1.165, 1.54) is 14.7 Å². The zero-order chi connectivity index (χ0) is 8.55. The molecule has 0 atom stereocenters. The van der Waals surface area contributed by atoms with Gasteiger partial charge in [0.15, 0.2) is 0 Å². The van der Waals surface area contributed by atoms with E-state index in [4.69, 9.17) is 0 Å². The van der Waals surface area contributed by atoms with E-state index in [9.17, 15) is 0 Å². The molecule has 62 valence electrons. The standard InChI is InChI=1S/C9H9IN2/c1-6-3-8-9(4-7(6)2)11-5-12-10-8/h3-5H,1-2H3. The topological polar surface area (TPSA) is 24.7 Å². The number of nitrogens with zero attached hydrogens (tertiary/aromatic N) is 2. The maximum atomic E-state index is 4.23. The summed E-state index contributed by atoms with van der Waals surface area (Å²) in [5.41, 5.74) is 3.79. The fourth-order valence-corrected chi connectivity index (χ4v) is 2.79. The fraction of sp³-hybridized carbons (Fsp3) is 0.222. The van der Waals surface area contributed by atoms with Gasteiger partial charge < -0.3 is 0 Å².